The summed E-state index contributed by atoms with van der Waals surface area (Å²) in [5, 5.41) is 0. The molecule has 0 spiro atoms. The lowest BCUT2D eigenvalue weighted by Gasteiger charge is -2.03. The maximum Gasteiger partial charge on any atom is 0.168 e. The molecule has 14 heavy (non-hydrogen) atoms. The topological polar surface area (TPSA) is 17.1 Å². The second-order valence-corrected chi connectivity index (χ2v) is 4.27. The first-order chi connectivity index (χ1) is 6.61. The van der Waals surface area contributed by atoms with Crippen molar-refractivity contribution in [2.75, 3.05) is 5.75 Å². The van der Waals surface area contributed by atoms with Crippen LogP contribution >= 0.6 is 11.8 Å². The van der Waals surface area contributed by atoms with Gasteiger partial charge in [0.25, 0.3) is 0 Å². The highest BCUT2D eigenvalue weighted by molar-refractivity contribution is 8.00. The average molecular weight is 206 g/mol. The van der Waals surface area contributed by atoms with Crippen LogP contribution in [0, 0.1) is 6.92 Å². The number of rotatable bonds is 4. The number of ketones is 1. The average Bonchev–Trinajstić information content (AvgIpc) is 2.16. The fourth-order valence-electron chi connectivity index (χ4n) is 0.985. The second kappa shape index (κ2) is 5.01. The molecule has 0 aliphatic rings. The quantitative estimate of drug-likeness (QED) is 0.555. The number of Topliss-reactive ketones (excluding diaryl/α,β-unsaturated/α-hetero) is 1. The van der Waals surface area contributed by atoms with Crippen LogP contribution in [0.15, 0.2) is 41.3 Å². The third-order valence-corrected chi connectivity index (χ3v) is 3.10. The number of allylic oxidation sites excluding steroid dienone is 1. The van der Waals surface area contributed by atoms with E-state index in [9.17, 15) is 4.79 Å². The number of carbonyl (C=O) groups excluding carboxylic acids is 1. The van der Waals surface area contributed by atoms with Crippen LogP contribution in [-0.4, -0.2) is 11.5 Å². The van der Waals surface area contributed by atoms with Gasteiger partial charge in [-0.1, -0.05) is 24.8 Å². The molecule has 0 aromatic heterocycles. The lowest BCUT2D eigenvalue weighted by Crippen LogP contribution is -2.01. The third kappa shape index (κ3) is 3.04. The highest BCUT2D eigenvalue weighted by Gasteiger charge is 2.04. The van der Waals surface area contributed by atoms with Gasteiger partial charge in [-0.2, -0.15) is 0 Å². The van der Waals surface area contributed by atoms with Crippen LogP contribution in [0.4, 0.5) is 0 Å². The number of hydrogen-bond donors (Lipinski definition) is 0. The van der Waals surface area contributed by atoms with Gasteiger partial charge in [-0.25, -0.2) is 0 Å². The van der Waals surface area contributed by atoms with E-state index in [1.165, 1.54) is 10.5 Å². The van der Waals surface area contributed by atoms with E-state index in [1.54, 1.807) is 18.7 Å². The minimum Gasteiger partial charge on any atom is -0.294 e. The molecule has 2 heteroatoms. The van der Waals surface area contributed by atoms with Gasteiger partial charge in [-0.15, -0.1) is 11.8 Å². The molecule has 74 valence electrons. The fourth-order valence-corrected chi connectivity index (χ4v) is 1.99. The van der Waals surface area contributed by atoms with Crippen molar-refractivity contribution >= 4 is 17.5 Å². The first-order valence-electron chi connectivity index (χ1n) is 4.48. The predicted octanol–water partition coefficient (Wildman–Crippen LogP) is 3.23. The van der Waals surface area contributed by atoms with E-state index in [0.29, 0.717) is 11.3 Å². The van der Waals surface area contributed by atoms with E-state index in [0.717, 1.165) is 0 Å². The standard InChI is InChI=1S/C12H14OS/c1-9(2)11(13)8-14-12-7-5-4-6-10(12)3/h4-7H,1,8H2,2-3H3. The number of aryl methyl sites for hydroxylation is 1. The summed E-state index contributed by atoms with van der Waals surface area (Å²) in [7, 11) is 0. The normalized spacial score (nSPS) is 9.86. The Morgan fingerprint density at radius 1 is 1.43 bits per heavy atom. The molecular formula is C12H14OS. The number of carbonyl (C=O) groups is 1. The molecule has 0 fully saturated rings. The van der Waals surface area contributed by atoms with Crippen molar-refractivity contribution in [3.05, 3.63) is 42.0 Å². The second-order valence-electron chi connectivity index (χ2n) is 3.26. The molecule has 0 unspecified atom stereocenters. The van der Waals surface area contributed by atoms with Crippen LogP contribution in [0.5, 0.6) is 0 Å². The molecule has 0 bridgehead atoms. The minimum atomic E-state index is 0.123. The molecule has 1 rings (SSSR count). The van der Waals surface area contributed by atoms with E-state index >= 15 is 0 Å². The molecule has 1 aromatic carbocycles. The van der Waals surface area contributed by atoms with Gasteiger partial charge in [0.1, 0.15) is 0 Å². The van der Waals surface area contributed by atoms with Crippen LogP contribution in [0.1, 0.15) is 12.5 Å². The zero-order chi connectivity index (χ0) is 10.6. The maximum atomic E-state index is 11.3. The number of benzene rings is 1. The minimum absolute atomic E-state index is 0.123. The van der Waals surface area contributed by atoms with Gasteiger partial charge in [0.05, 0.1) is 5.75 Å². The molecule has 0 saturated carbocycles. The molecule has 0 N–H and O–H groups in total. The van der Waals surface area contributed by atoms with Gasteiger partial charge < -0.3 is 0 Å². The van der Waals surface area contributed by atoms with E-state index in [2.05, 4.69) is 6.58 Å². The highest BCUT2D eigenvalue weighted by Crippen LogP contribution is 2.22. The highest BCUT2D eigenvalue weighted by atomic mass is 32.2. The summed E-state index contributed by atoms with van der Waals surface area (Å²) in [6.07, 6.45) is 0. The van der Waals surface area contributed by atoms with E-state index in [4.69, 9.17) is 0 Å². The monoisotopic (exact) mass is 206 g/mol. The summed E-state index contributed by atoms with van der Waals surface area (Å²) in [4.78, 5) is 12.5. The van der Waals surface area contributed by atoms with Crippen molar-refractivity contribution in [1.29, 1.82) is 0 Å². The first-order valence-corrected chi connectivity index (χ1v) is 5.47. The van der Waals surface area contributed by atoms with Crippen molar-refractivity contribution in [1.82, 2.24) is 0 Å². The van der Waals surface area contributed by atoms with Crippen molar-refractivity contribution < 1.29 is 4.79 Å². The van der Waals surface area contributed by atoms with Gasteiger partial charge in [-0.3, -0.25) is 4.79 Å². The molecule has 1 aromatic rings. The lowest BCUT2D eigenvalue weighted by atomic mass is 10.2. The van der Waals surface area contributed by atoms with Crippen LogP contribution in [0.2, 0.25) is 0 Å². The molecule has 0 atom stereocenters. The predicted molar refractivity (Wildman–Crippen MR) is 61.7 cm³/mol. The molecule has 0 amide bonds. The summed E-state index contributed by atoms with van der Waals surface area (Å²) >= 11 is 1.57. The lowest BCUT2D eigenvalue weighted by molar-refractivity contribution is -0.113. The SMILES string of the molecule is C=C(C)C(=O)CSc1ccccc1C. The largest absolute Gasteiger partial charge is 0.294 e. The molecule has 0 saturated heterocycles. The summed E-state index contributed by atoms with van der Waals surface area (Å²) < 4.78 is 0. The Balaban J connectivity index is 2.58. The molecule has 0 radical (unpaired) electrons. The molecule has 0 heterocycles. The van der Waals surface area contributed by atoms with Gasteiger partial charge in [-0.05, 0) is 31.1 Å². The van der Waals surface area contributed by atoms with Crippen molar-refractivity contribution in [2.45, 2.75) is 18.7 Å². The van der Waals surface area contributed by atoms with E-state index < -0.39 is 0 Å². The smallest absolute Gasteiger partial charge is 0.168 e. The van der Waals surface area contributed by atoms with Crippen molar-refractivity contribution in [3.8, 4) is 0 Å². The Morgan fingerprint density at radius 3 is 2.64 bits per heavy atom. The van der Waals surface area contributed by atoms with Gasteiger partial charge in [0.15, 0.2) is 5.78 Å². The number of hydrogen-bond acceptors (Lipinski definition) is 2. The Bertz CT molecular complexity index is 355. The fraction of sp³-hybridized carbons (Fsp3) is 0.250. The Kier molecular flexibility index (Phi) is 3.96. The van der Waals surface area contributed by atoms with Crippen LogP contribution < -0.4 is 0 Å². The van der Waals surface area contributed by atoms with Crippen LogP contribution in [0.25, 0.3) is 0 Å². The Labute approximate surface area is 89.2 Å². The third-order valence-electron chi connectivity index (χ3n) is 1.93. The van der Waals surface area contributed by atoms with E-state index in [1.807, 2.05) is 31.2 Å². The van der Waals surface area contributed by atoms with E-state index in [-0.39, 0.29) is 5.78 Å². The number of thioether (sulfide) groups is 1. The molecule has 0 aliphatic carbocycles. The Morgan fingerprint density at radius 2 is 2.07 bits per heavy atom. The maximum absolute atomic E-state index is 11.3. The first kappa shape index (κ1) is 11.1. The van der Waals surface area contributed by atoms with Crippen LogP contribution in [0.3, 0.4) is 0 Å². The van der Waals surface area contributed by atoms with Crippen molar-refractivity contribution in [3.63, 3.8) is 0 Å². The van der Waals surface area contributed by atoms with Gasteiger partial charge in [0, 0.05) is 4.90 Å². The summed E-state index contributed by atoms with van der Waals surface area (Å²) in [6, 6.07) is 8.07. The molecular weight excluding hydrogens is 192 g/mol. The van der Waals surface area contributed by atoms with Gasteiger partial charge in [0.2, 0.25) is 0 Å². The van der Waals surface area contributed by atoms with Crippen molar-refractivity contribution in [2.24, 2.45) is 0 Å². The summed E-state index contributed by atoms with van der Waals surface area (Å²) in [6.45, 7) is 7.43. The zero-order valence-electron chi connectivity index (χ0n) is 8.54. The molecule has 1 nitrogen and oxygen atoms in total. The molecule has 0 aliphatic heterocycles. The van der Waals surface area contributed by atoms with Crippen LogP contribution in [-0.2, 0) is 4.79 Å². The van der Waals surface area contributed by atoms with Gasteiger partial charge >= 0.3 is 0 Å². The zero-order valence-corrected chi connectivity index (χ0v) is 9.36. The Hall–Kier alpha value is -1.02. The summed E-state index contributed by atoms with van der Waals surface area (Å²) in [5.41, 5.74) is 1.85. The summed E-state index contributed by atoms with van der Waals surface area (Å²) in [5.74, 6) is 0.610.